The SMILES string of the molecule is COc1ccccc1NC(=O)C(C)n1ccc2ccccc2c1=O. The monoisotopic (exact) mass is 322 g/mol. The standard InChI is InChI=1S/C19H18N2O3/c1-13(18(22)20-16-9-5-6-10-17(16)24-2)21-12-11-14-7-3-4-8-15(14)19(21)23/h3-13H,1-2H3,(H,20,22). The minimum atomic E-state index is -0.646. The summed E-state index contributed by atoms with van der Waals surface area (Å²) >= 11 is 0. The van der Waals surface area contributed by atoms with Gasteiger partial charge in [0, 0.05) is 11.6 Å². The van der Waals surface area contributed by atoms with Crippen LogP contribution in [0.2, 0.25) is 0 Å². The van der Waals surface area contributed by atoms with Gasteiger partial charge in [-0.2, -0.15) is 0 Å². The topological polar surface area (TPSA) is 60.3 Å². The van der Waals surface area contributed by atoms with Crippen LogP contribution in [0.3, 0.4) is 0 Å². The summed E-state index contributed by atoms with van der Waals surface area (Å²) in [6, 6.07) is 15.7. The van der Waals surface area contributed by atoms with Crippen LogP contribution in [0.5, 0.6) is 5.75 Å². The lowest BCUT2D eigenvalue weighted by atomic mass is 10.1. The number of hydrogen-bond acceptors (Lipinski definition) is 3. The molecule has 0 aliphatic carbocycles. The molecule has 122 valence electrons. The van der Waals surface area contributed by atoms with E-state index >= 15 is 0 Å². The Bertz CT molecular complexity index is 946. The third-order valence-corrected chi connectivity index (χ3v) is 4.00. The molecule has 0 saturated carbocycles. The summed E-state index contributed by atoms with van der Waals surface area (Å²) in [5, 5.41) is 4.26. The molecule has 1 aromatic heterocycles. The maximum atomic E-state index is 12.6. The Morgan fingerprint density at radius 1 is 1.08 bits per heavy atom. The molecule has 5 heteroatoms. The number of amides is 1. The maximum Gasteiger partial charge on any atom is 0.259 e. The first kappa shape index (κ1) is 15.8. The van der Waals surface area contributed by atoms with Gasteiger partial charge in [-0.25, -0.2) is 0 Å². The molecule has 0 bridgehead atoms. The average Bonchev–Trinajstić information content (AvgIpc) is 2.62. The molecule has 0 aliphatic heterocycles. The molecule has 0 saturated heterocycles. The van der Waals surface area contributed by atoms with Gasteiger partial charge >= 0.3 is 0 Å². The van der Waals surface area contributed by atoms with Gasteiger partial charge in [0.05, 0.1) is 12.8 Å². The number of rotatable bonds is 4. The van der Waals surface area contributed by atoms with Crippen LogP contribution in [0.1, 0.15) is 13.0 Å². The van der Waals surface area contributed by atoms with Gasteiger partial charge in [-0.15, -0.1) is 0 Å². The van der Waals surface area contributed by atoms with Crippen molar-refractivity contribution in [3.8, 4) is 5.75 Å². The predicted octanol–water partition coefficient (Wildman–Crippen LogP) is 3.21. The minimum Gasteiger partial charge on any atom is -0.495 e. The zero-order valence-corrected chi connectivity index (χ0v) is 13.5. The molecule has 1 N–H and O–H groups in total. The van der Waals surface area contributed by atoms with Crippen molar-refractivity contribution in [2.75, 3.05) is 12.4 Å². The van der Waals surface area contributed by atoms with Crippen LogP contribution in [0, 0.1) is 0 Å². The van der Waals surface area contributed by atoms with E-state index in [1.165, 1.54) is 4.57 Å². The Kier molecular flexibility index (Phi) is 4.33. The minimum absolute atomic E-state index is 0.184. The summed E-state index contributed by atoms with van der Waals surface area (Å²) in [6.07, 6.45) is 1.65. The summed E-state index contributed by atoms with van der Waals surface area (Å²) in [6.45, 7) is 1.70. The number of fused-ring (bicyclic) bond motifs is 1. The smallest absolute Gasteiger partial charge is 0.259 e. The fourth-order valence-electron chi connectivity index (χ4n) is 2.62. The molecule has 0 radical (unpaired) electrons. The lowest BCUT2D eigenvalue weighted by Crippen LogP contribution is -2.31. The number of hydrogen-bond donors (Lipinski definition) is 1. The zero-order valence-electron chi connectivity index (χ0n) is 13.5. The van der Waals surface area contributed by atoms with E-state index in [0.717, 1.165) is 5.39 Å². The van der Waals surface area contributed by atoms with Crippen molar-refractivity contribution < 1.29 is 9.53 Å². The molecule has 1 heterocycles. The van der Waals surface area contributed by atoms with Crippen LogP contribution in [0.15, 0.2) is 65.6 Å². The van der Waals surface area contributed by atoms with Gasteiger partial charge in [0.15, 0.2) is 0 Å². The summed E-state index contributed by atoms with van der Waals surface area (Å²) in [5.41, 5.74) is 0.390. The third kappa shape index (κ3) is 2.88. The number of methoxy groups -OCH3 is 1. The van der Waals surface area contributed by atoms with E-state index < -0.39 is 6.04 Å². The number of anilines is 1. The summed E-state index contributed by atoms with van der Waals surface area (Å²) in [7, 11) is 1.54. The number of para-hydroxylation sites is 2. The number of ether oxygens (including phenoxy) is 1. The number of carbonyl (C=O) groups is 1. The molecule has 0 aliphatic rings. The molecule has 2 aromatic carbocycles. The second-order valence-corrected chi connectivity index (χ2v) is 5.48. The average molecular weight is 322 g/mol. The predicted molar refractivity (Wildman–Crippen MR) is 94.5 cm³/mol. The second-order valence-electron chi connectivity index (χ2n) is 5.48. The van der Waals surface area contributed by atoms with Crippen LogP contribution < -0.4 is 15.6 Å². The van der Waals surface area contributed by atoms with Crippen molar-refractivity contribution in [3.63, 3.8) is 0 Å². The van der Waals surface area contributed by atoms with E-state index in [1.807, 2.05) is 36.4 Å². The van der Waals surface area contributed by atoms with Gasteiger partial charge in [-0.05, 0) is 36.6 Å². The lowest BCUT2D eigenvalue weighted by molar-refractivity contribution is -0.118. The molecule has 3 aromatic rings. The highest BCUT2D eigenvalue weighted by molar-refractivity contribution is 5.95. The Labute approximate surface area is 139 Å². The highest BCUT2D eigenvalue weighted by atomic mass is 16.5. The molecule has 1 atom stereocenters. The summed E-state index contributed by atoms with van der Waals surface area (Å²) in [4.78, 5) is 25.2. The van der Waals surface area contributed by atoms with Crippen molar-refractivity contribution in [1.82, 2.24) is 4.57 Å². The molecule has 3 rings (SSSR count). The highest BCUT2D eigenvalue weighted by Crippen LogP contribution is 2.24. The van der Waals surface area contributed by atoms with E-state index in [4.69, 9.17) is 4.74 Å². The molecular formula is C19H18N2O3. The van der Waals surface area contributed by atoms with Crippen molar-refractivity contribution in [2.45, 2.75) is 13.0 Å². The van der Waals surface area contributed by atoms with Gasteiger partial charge in [0.2, 0.25) is 5.91 Å². The van der Waals surface area contributed by atoms with Crippen LogP contribution in [0.4, 0.5) is 5.69 Å². The summed E-state index contributed by atoms with van der Waals surface area (Å²) in [5.74, 6) is 0.292. The largest absolute Gasteiger partial charge is 0.495 e. The Balaban J connectivity index is 1.91. The number of nitrogens with zero attached hydrogens (tertiary/aromatic N) is 1. The van der Waals surface area contributed by atoms with E-state index in [9.17, 15) is 9.59 Å². The number of aromatic nitrogens is 1. The van der Waals surface area contributed by atoms with Crippen molar-refractivity contribution in [1.29, 1.82) is 0 Å². The first-order valence-electron chi connectivity index (χ1n) is 7.65. The Hall–Kier alpha value is -3.08. The number of carbonyl (C=O) groups excluding carboxylic acids is 1. The van der Waals surface area contributed by atoms with Crippen LogP contribution >= 0.6 is 0 Å². The van der Waals surface area contributed by atoms with Crippen molar-refractivity contribution in [2.24, 2.45) is 0 Å². The van der Waals surface area contributed by atoms with Gasteiger partial charge in [-0.3, -0.25) is 9.59 Å². The first-order valence-corrected chi connectivity index (χ1v) is 7.65. The molecule has 1 unspecified atom stereocenters. The fraction of sp³-hybridized carbons (Fsp3) is 0.158. The van der Waals surface area contributed by atoms with E-state index in [2.05, 4.69) is 5.32 Å². The van der Waals surface area contributed by atoms with Crippen LogP contribution in [-0.2, 0) is 4.79 Å². The zero-order chi connectivity index (χ0) is 17.1. The van der Waals surface area contributed by atoms with Crippen molar-refractivity contribution in [3.05, 3.63) is 71.1 Å². The molecule has 0 fully saturated rings. The molecule has 0 spiro atoms. The van der Waals surface area contributed by atoms with Gasteiger partial charge in [-0.1, -0.05) is 30.3 Å². The summed E-state index contributed by atoms with van der Waals surface area (Å²) < 4.78 is 6.67. The molecule has 5 nitrogen and oxygen atoms in total. The quantitative estimate of drug-likeness (QED) is 0.802. The Morgan fingerprint density at radius 3 is 2.58 bits per heavy atom. The maximum absolute atomic E-state index is 12.6. The first-order chi connectivity index (χ1) is 11.6. The molecular weight excluding hydrogens is 304 g/mol. The second kappa shape index (κ2) is 6.58. The van der Waals surface area contributed by atoms with Gasteiger partial charge in [0.25, 0.3) is 5.56 Å². The number of pyridine rings is 1. The Morgan fingerprint density at radius 2 is 1.79 bits per heavy atom. The number of benzene rings is 2. The normalized spacial score (nSPS) is 11.9. The van der Waals surface area contributed by atoms with Gasteiger partial charge in [0.1, 0.15) is 11.8 Å². The molecule has 1 amide bonds. The van der Waals surface area contributed by atoms with Gasteiger partial charge < -0.3 is 14.6 Å². The van der Waals surface area contributed by atoms with Crippen LogP contribution in [0.25, 0.3) is 10.8 Å². The highest BCUT2D eigenvalue weighted by Gasteiger charge is 2.18. The lowest BCUT2D eigenvalue weighted by Gasteiger charge is -2.17. The van der Waals surface area contributed by atoms with E-state index in [0.29, 0.717) is 16.8 Å². The molecule has 24 heavy (non-hydrogen) atoms. The third-order valence-electron chi connectivity index (χ3n) is 4.00. The van der Waals surface area contributed by atoms with Crippen LogP contribution in [-0.4, -0.2) is 17.6 Å². The fourth-order valence-corrected chi connectivity index (χ4v) is 2.62. The number of nitrogens with one attached hydrogen (secondary N) is 1. The van der Waals surface area contributed by atoms with Crippen molar-refractivity contribution >= 4 is 22.4 Å². The van der Waals surface area contributed by atoms with E-state index in [-0.39, 0.29) is 11.5 Å². The van der Waals surface area contributed by atoms with E-state index in [1.54, 1.807) is 38.4 Å².